The van der Waals surface area contributed by atoms with Crippen LogP contribution in [-0.2, 0) is 6.42 Å². The minimum Gasteiger partial charge on any atom is -0.326 e. The van der Waals surface area contributed by atoms with Gasteiger partial charge in [-0.1, -0.05) is 40.0 Å². The number of halogens is 2. The average Bonchev–Trinajstić information content (AvgIpc) is 2.34. The molecule has 2 unspecified atom stereocenters. The highest BCUT2D eigenvalue weighted by Gasteiger charge is 2.21. The van der Waals surface area contributed by atoms with Crippen LogP contribution in [0.3, 0.4) is 0 Å². The molecule has 1 fully saturated rings. The highest BCUT2D eigenvalue weighted by atomic mass is 79.9. The van der Waals surface area contributed by atoms with Crippen molar-refractivity contribution in [1.29, 1.82) is 0 Å². The summed E-state index contributed by atoms with van der Waals surface area (Å²) in [5.41, 5.74) is 7.46. The zero-order chi connectivity index (χ0) is 12.3. The van der Waals surface area contributed by atoms with Crippen LogP contribution in [0.15, 0.2) is 22.7 Å². The van der Waals surface area contributed by atoms with Gasteiger partial charge in [0.2, 0.25) is 0 Å². The van der Waals surface area contributed by atoms with Crippen LogP contribution < -0.4 is 5.73 Å². The molecule has 0 spiro atoms. The molecule has 0 saturated carbocycles. The fourth-order valence-electron chi connectivity index (χ4n) is 2.18. The molecule has 94 valence electrons. The smallest absolute Gasteiger partial charge is 0.0449 e. The molecule has 1 nitrogen and oxygen atoms in total. The average molecular weight is 335 g/mol. The van der Waals surface area contributed by atoms with E-state index in [2.05, 4.69) is 22.0 Å². The Kier molecular flexibility index (Phi) is 5.22. The topological polar surface area (TPSA) is 26.0 Å². The third kappa shape index (κ3) is 3.88. The second kappa shape index (κ2) is 6.46. The molecule has 17 heavy (non-hydrogen) atoms. The van der Waals surface area contributed by atoms with E-state index in [0.29, 0.717) is 5.25 Å². The summed E-state index contributed by atoms with van der Waals surface area (Å²) < 4.78 is 1.02. The molecule has 1 aliphatic heterocycles. The molecule has 1 heterocycles. The van der Waals surface area contributed by atoms with Crippen molar-refractivity contribution in [2.24, 2.45) is 5.73 Å². The minimum atomic E-state index is 0.221. The van der Waals surface area contributed by atoms with Crippen molar-refractivity contribution in [3.63, 3.8) is 0 Å². The van der Waals surface area contributed by atoms with Crippen LogP contribution >= 0.6 is 39.3 Å². The lowest BCUT2D eigenvalue weighted by molar-refractivity contribution is 0.559. The van der Waals surface area contributed by atoms with E-state index in [1.807, 2.05) is 23.9 Å². The van der Waals surface area contributed by atoms with Crippen LogP contribution in [0.2, 0.25) is 5.02 Å². The van der Waals surface area contributed by atoms with Crippen LogP contribution in [0, 0.1) is 0 Å². The third-order valence-electron chi connectivity index (χ3n) is 3.16. The van der Waals surface area contributed by atoms with E-state index >= 15 is 0 Å². The van der Waals surface area contributed by atoms with Gasteiger partial charge in [0.25, 0.3) is 0 Å². The summed E-state index contributed by atoms with van der Waals surface area (Å²) in [5.74, 6) is 1.26. The first-order valence-electron chi connectivity index (χ1n) is 5.98. The van der Waals surface area contributed by atoms with Crippen molar-refractivity contribution < 1.29 is 0 Å². The summed E-state index contributed by atoms with van der Waals surface area (Å²) in [4.78, 5) is 0. The first kappa shape index (κ1) is 13.7. The number of thioether (sulfide) groups is 1. The van der Waals surface area contributed by atoms with Gasteiger partial charge in [0, 0.05) is 20.8 Å². The van der Waals surface area contributed by atoms with Gasteiger partial charge in [0.1, 0.15) is 0 Å². The predicted molar refractivity (Wildman–Crippen MR) is 80.9 cm³/mol. The quantitative estimate of drug-likeness (QED) is 0.894. The second-order valence-electron chi connectivity index (χ2n) is 4.51. The van der Waals surface area contributed by atoms with Crippen molar-refractivity contribution >= 4 is 39.3 Å². The Labute approximate surface area is 121 Å². The van der Waals surface area contributed by atoms with Gasteiger partial charge < -0.3 is 5.73 Å². The summed E-state index contributed by atoms with van der Waals surface area (Å²) >= 11 is 11.7. The van der Waals surface area contributed by atoms with Gasteiger partial charge in [-0.05, 0) is 42.7 Å². The van der Waals surface area contributed by atoms with E-state index < -0.39 is 0 Å². The van der Waals surface area contributed by atoms with Gasteiger partial charge in [-0.25, -0.2) is 0 Å². The van der Waals surface area contributed by atoms with Crippen molar-refractivity contribution in [3.05, 3.63) is 33.3 Å². The van der Waals surface area contributed by atoms with Gasteiger partial charge in [-0.15, -0.1) is 0 Å². The third-order valence-corrected chi connectivity index (χ3v) is 5.55. The van der Waals surface area contributed by atoms with Crippen molar-refractivity contribution in [2.45, 2.75) is 37.0 Å². The standard InChI is InChI=1S/C13H17BrClNS/c14-10-5-4-9(11(15)8-10)7-12(16)13-3-1-2-6-17-13/h4-5,8,12-13H,1-3,6-7,16H2. The van der Waals surface area contributed by atoms with E-state index in [0.717, 1.165) is 21.5 Å². The molecule has 1 aromatic carbocycles. The Balaban J connectivity index is 1.99. The van der Waals surface area contributed by atoms with Crippen LogP contribution in [-0.4, -0.2) is 17.0 Å². The molecular weight excluding hydrogens is 318 g/mol. The van der Waals surface area contributed by atoms with Crippen LogP contribution in [0.4, 0.5) is 0 Å². The van der Waals surface area contributed by atoms with Crippen molar-refractivity contribution in [3.8, 4) is 0 Å². The largest absolute Gasteiger partial charge is 0.326 e. The monoisotopic (exact) mass is 333 g/mol. The van der Waals surface area contributed by atoms with E-state index in [1.165, 1.54) is 25.0 Å². The number of hydrogen-bond donors (Lipinski definition) is 1. The molecule has 0 amide bonds. The van der Waals surface area contributed by atoms with E-state index in [9.17, 15) is 0 Å². The molecule has 2 rings (SSSR count). The van der Waals surface area contributed by atoms with Gasteiger partial charge in [0.05, 0.1) is 0 Å². The Morgan fingerprint density at radius 3 is 2.94 bits per heavy atom. The molecular formula is C13H17BrClNS. The Hall–Kier alpha value is 0.300. The van der Waals surface area contributed by atoms with Crippen molar-refractivity contribution in [2.75, 3.05) is 5.75 Å². The highest BCUT2D eigenvalue weighted by Crippen LogP contribution is 2.29. The Morgan fingerprint density at radius 1 is 1.47 bits per heavy atom. The molecule has 0 radical (unpaired) electrons. The molecule has 4 heteroatoms. The molecule has 0 bridgehead atoms. The fourth-order valence-corrected chi connectivity index (χ4v) is 4.28. The second-order valence-corrected chi connectivity index (χ2v) is 7.18. The number of nitrogens with two attached hydrogens (primary N) is 1. The zero-order valence-corrected chi connectivity index (χ0v) is 12.8. The molecule has 2 atom stereocenters. The summed E-state index contributed by atoms with van der Waals surface area (Å²) in [6.07, 6.45) is 4.79. The lowest BCUT2D eigenvalue weighted by Crippen LogP contribution is -2.36. The summed E-state index contributed by atoms with van der Waals surface area (Å²) in [7, 11) is 0. The van der Waals surface area contributed by atoms with Gasteiger partial charge in [-0.2, -0.15) is 11.8 Å². The number of benzene rings is 1. The van der Waals surface area contributed by atoms with Gasteiger partial charge in [-0.3, -0.25) is 0 Å². The molecule has 1 aromatic rings. The van der Waals surface area contributed by atoms with E-state index in [1.54, 1.807) is 0 Å². The Morgan fingerprint density at radius 2 is 2.29 bits per heavy atom. The fraction of sp³-hybridized carbons (Fsp3) is 0.538. The molecule has 2 N–H and O–H groups in total. The maximum atomic E-state index is 6.30. The first-order chi connectivity index (χ1) is 8.16. The summed E-state index contributed by atoms with van der Waals surface area (Å²) in [5, 5.41) is 1.42. The van der Waals surface area contributed by atoms with E-state index in [-0.39, 0.29) is 6.04 Å². The highest BCUT2D eigenvalue weighted by molar-refractivity contribution is 9.10. The SMILES string of the molecule is NC(Cc1ccc(Br)cc1Cl)C1CCCCS1. The normalized spacial score (nSPS) is 22.4. The first-order valence-corrected chi connectivity index (χ1v) is 8.20. The van der Waals surface area contributed by atoms with Gasteiger partial charge >= 0.3 is 0 Å². The minimum absolute atomic E-state index is 0.221. The van der Waals surface area contributed by atoms with E-state index in [4.69, 9.17) is 17.3 Å². The lowest BCUT2D eigenvalue weighted by atomic mass is 10.0. The molecule has 0 aromatic heterocycles. The number of hydrogen-bond acceptors (Lipinski definition) is 2. The van der Waals surface area contributed by atoms with Crippen molar-refractivity contribution in [1.82, 2.24) is 0 Å². The van der Waals surface area contributed by atoms with Crippen LogP contribution in [0.5, 0.6) is 0 Å². The van der Waals surface area contributed by atoms with Gasteiger partial charge in [0.15, 0.2) is 0 Å². The summed E-state index contributed by atoms with van der Waals surface area (Å²) in [6, 6.07) is 6.26. The summed E-state index contributed by atoms with van der Waals surface area (Å²) in [6.45, 7) is 0. The Bertz CT molecular complexity index is 380. The van der Waals surface area contributed by atoms with Crippen LogP contribution in [0.1, 0.15) is 24.8 Å². The lowest BCUT2D eigenvalue weighted by Gasteiger charge is -2.27. The predicted octanol–water partition coefficient (Wildman–Crippen LogP) is 4.26. The maximum absolute atomic E-state index is 6.30. The molecule has 0 aliphatic carbocycles. The zero-order valence-electron chi connectivity index (χ0n) is 9.66. The number of rotatable bonds is 3. The molecule has 1 saturated heterocycles. The molecule has 1 aliphatic rings. The van der Waals surface area contributed by atoms with Crippen LogP contribution in [0.25, 0.3) is 0 Å². The maximum Gasteiger partial charge on any atom is 0.0449 e.